The number of ether oxygens (including phenoxy) is 2. The molecule has 0 saturated carbocycles. The monoisotopic (exact) mass is 308 g/mol. The number of anilines is 1. The van der Waals surface area contributed by atoms with Gasteiger partial charge in [0.25, 0.3) is 0 Å². The number of carbonyl (C=O) groups excluding carboxylic acids is 1. The first-order chi connectivity index (χ1) is 10.7. The Morgan fingerprint density at radius 2 is 2.27 bits per heavy atom. The second-order valence-electron chi connectivity index (χ2n) is 5.75. The lowest BCUT2D eigenvalue weighted by Crippen LogP contribution is -2.55. The van der Waals surface area contributed by atoms with Crippen molar-refractivity contribution < 1.29 is 18.7 Å². The summed E-state index contributed by atoms with van der Waals surface area (Å²) in [7, 11) is 0. The van der Waals surface area contributed by atoms with Gasteiger partial charge in [0.15, 0.2) is 0 Å². The van der Waals surface area contributed by atoms with E-state index in [1.807, 2.05) is 0 Å². The normalized spacial score (nSPS) is 25.3. The minimum atomic E-state index is -0.421. The van der Waals surface area contributed by atoms with E-state index in [0.29, 0.717) is 25.3 Å². The lowest BCUT2D eigenvalue weighted by Gasteiger charge is -2.38. The number of amides is 2. The van der Waals surface area contributed by atoms with Gasteiger partial charge in [-0.15, -0.1) is 0 Å². The molecule has 2 fully saturated rings. The first-order valence-electron chi connectivity index (χ1n) is 7.69. The fourth-order valence-corrected chi connectivity index (χ4v) is 3.06. The highest BCUT2D eigenvalue weighted by atomic mass is 19.1. The van der Waals surface area contributed by atoms with Crippen LogP contribution in [0.4, 0.5) is 14.9 Å². The van der Waals surface area contributed by atoms with Gasteiger partial charge in [-0.25, -0.2) is 9.18 Å². The highest BCUT2D eigenvalue weighted by Crippen LogP contribution is 2.24. The third-order valence-corrected chi connectivity index (χ3v) is 4.27. The van der Waals surface area contributed by atoms with Gasteiger partial charge in [-0.2, -0.15) is 0 Å². The van der Waals surface area contributed by atoms with Crippen LogP contribution in [0, 0.1) is 12.7 Å². The number of morpholine rings is 1. The van der Waals surface area contributed by atoms with Crippen LogP contribution in [0.3, 0.4) is 0 Å². The molecule has 1 aromatic carbocycles. The summed E-state index contributed by atoms with van der Waals surface area (Å²) in [5, 5.41) is 2.70. The van der Waals surface area contributed by atoms with Gasteiger partial charge in [-0.05, 0) is 31.4 Å². The van der Waals surface area contributed by atoms with Crippen LogP contribution >= 0.6 is 0 Å². The van der Waals surface area contributed by atoms with Gasteiger partial charge in [-0.1, -0.05) is 12.1 Å². The molecule has 5 nitrogen and oxygen atoms in total. The molecule has 0 spiro atoms. The molecule has 1 aromatic rings. The molecule has 6 heteroatoms. The number of hydrogen-bond acceptors (Lipinski definition) is 3. The molecule has 120 valence electrons. The zero-order valence-corrected chi connectivity index (χ0v) is 12.7. The Bertz CT molecular complexity index is 526. The molecule has 0 aliphatic carbocycles. The van der Waals surface area contributed by atoms with Crippen molar-refractivity contribution in [1.82, 2.24) is 4.90 Å². The summed E-state index contributed by atoms with van der Waals surface area (Å²) < 4.78 is 25.1. The molecule has 3 rings (SSSR count). The number of urea groups is 1. The summed E-state index contributed by atoms with van der Waals surface area (Å²) in [6.07, 6.45) is 1.94. The van der Waals surface area contributed by atoms with E-state index in [1.165, 1.54) is 6.07 Å². The molecular weight excluding hydrogens is 287 g/mol. The Hall–Kier alpha value is -1.66. The van der Waals surface area contributed by atoms with Crippen molar-refractivity contribution in [2.75, 3.05) is 31.7 Å². The van der Waals surface area contributed by atoms with E-state index in [2.05, 4.69) is 5.32 Å². The second kappa shape index (κ2) is 6.62. The average Bonchev–Trinajstić information content (AvgIpc) is 3.05. The van der Waals surface area contributed by atoms with Crippen LogP contribution in [0.1, 0.15) is 18.4 Å². The maximum Gasteiger partial charge on any atom is 0.322 e. The van der Waals surface area contributed by atoms with Crippen molar-refractivity contribution in [2.45, 2.75) is 31.9 Å². The Kier molecular flexibility index (Phi) is 4.59. The van der Waals surface area contributed by atoms with Gasteiger partial charge in [0, 0.05) is 13.2 Å². The molecule has 1 N–H and O–H groups in total. The van der Waals surface area contributed by atoms with Crippen molar-refractivity contribution in [3.05, 3.63) is 29.6 Å². The van der Waals surface area contributed by atoms with Crippen LogP contribution in [0.25, 0.3) is 0 Å². The van der Waals surface area contributed by atoms with Gasteiger partial charge < -0.3 is 19.7 Å². The topological polar surface area (TPSA) is 50.8 Å². The largest absolute Gasteiger partial charge is 0.377 e. The van der Waals surface area contributed by atoms with Crippen molar-refractivity contribution in [1.29, 1.82) is 0 Å². The average molecular weight is 308 g/mol. The number of benzene rings is 1. The lowest BCUT2D eigenvalue weighted by atomic mass is 10.1. The van der Waals surface area contributed by atoms with Crippen LogP contribution < -0.4 is 5.32 Å². The van der Waals surface area contributed by atoms with E-state index in [9.17, 15) is 9.18 Å². The Morgan fingerprint density at radius 3 is 3.00 bits per heavy atom. The molecular formula is C16H21FN2O3. The zero-order valence-electron chi connectivity index (χ0n) is 12.7. The fourth-order valence-electron chi connectivity index (χ4n) is 3.06. The maximum atomic E-state index is 13.9. The quantitative estimate of drug-likeness (QED) is 0.913. The van der Waals surface area contributed by atoms with Gasteiger partial charge in [-0.3, -0.25) is 0 Å². The Balaban J connectivity index is 1.74. The van der Waals surface area contributed by atoms with Gasteiger partial charge in [0.2, 0.25) is 0 Å². The number of hydrogen-bond donors (Lipinski definition) is 1. The minimum Gasteiger partial charge on any atom is -0.377 e. The number of carbonyl (C=O) groups is 1. The van der Waals surface area contributed by atoms with Crippen LogP contribution in [0.5, 0.6) is 0 Å². The van der Waals surface area contributed by atoms with Gasteiger partial charge in [0.05, 0.1) is 31.0 Å². The molecule has 0 aromatic heterocycles. The number of rotatable bonds is 2. The van der Waals surface area contributed by atoms with E-state index in [1.54, 1.807) is 24.0 Å². The van der Waals surface area contributed by atoms with E-state index < -0.39 is 5.82 Å². The van der Waals surface area contributed by atoms with Crippen LogP contribution in [-0.4, -0.2) is 49.4 Å². The SMILES string of the molecule is Cc1cccc(F)c1NC(=O)N1CCOC[C@H]1[C@@H]1CCCO1. The smallest absolute Gasteiger partial charge is 0.322 e. The van der Waals surface area contributed by atoms with Crippen molar-refractivity contribution in [3.63, 3.8) is 0 Å². The van der Waals surface area contributed by atoms with Crippen molar-refractivity contribution in [3.8, 4) is 0 Å². The van der Waals surface area contributed by atoms with Crippen LogP contribution in [-0.2, 0) is 9.47 Å². The fraction of sp³-hybridized carbons (Fsp3) is 0.562. The minimum absolute atomic E-state index is 0.00719. The number of halogens is 1. The van der Waals surface area contributed by atoms with E-state index in [-0.39, 0.29) is 23.9 Å². The third kappa shape index (κ3) is 3.08. The lowest BCUT2D eigenvalue weighted by molar-refractivity contribution is -0.0452. The molecule has 2 amide bonds. The van der Waals surface area contributed by atoms with Gasteiger partial charge in [0.1, 0.15) is 5.82 Å². The number of para-hydroxylation sites is 1. The number of nitrogens with zero attached hydrogens (tertiary/aromatic N) is 1. The van der Waals surface area contributed by atoms with Gasteiger partial charge >= 0.3 is 6.03 Å². The Labute approximate surface area is 129 Å². The maximum absolute atomic E-state index is 13.9. The van der Waals surface area contributed by atoms with Crippen LogP contribution in [0.2, 0.25) is 0 Å². The summed E-state index contributed by atoms with van der Waals surface area (Å²) in [5.41, 5.74) is 0.945. The van der Waals surface area contributed by atoms with E-state index in [4.69, 9.17) is 9.47 Å². The summed E-state index contributed by atoms with van der Waals surface area (Å²) in [4.78, 5) is 14.3. The number of aryl methyl sites for hydroxylation is 1. The zero-order chi connectivity index (χ0) is 15.5. The predicted octanol–water partition coefficient (Wildman–Crippen LogP) is 2.55. The van der Waals surface area contributed by atoms with Crippen molar-refractivity contribution >= 4 is 11.7 Å². The molecule has 2 aliphatic heterocycles. The summed E-state index contributed by atoms with van der Waals surface area (Å²) in [6.45, 7) is 3.95. The first-order valence-corrected chi connectivity index (χ1v) is 7.69. The summed E-state index contributed by atoms with van der Waals surface area (Å²) >= 11 is 0. The molecule has 22 heavy (non-hydrogen) atoms. The summed E-state index contributed by atoms with van der Waals surface area (Å²) in [5.74, 6) is -0.421. The molecule has 2 atom stereocenters. The summed E-state index contributed by atoms with van der Waals surface area (Å²) in [6, 6.07) is 4.35. The third-order valence-electron chi connectivity index (χ3n) is 4.27. The second-order valence-corrected chi connectivity index (χ2v) is 5.75. The molecule has 0 bridgehead atoms. The molecule has 0 unspecified atom stereocenters. The van der Waals surface area contributed by atoms with Crippen LogP contribution in [0.15, 0.2) is 18.2 Å². The molecule has 2 saturated heterocycles. The standard InChI is InChI=1S/C16H21FN2O3/c1-11-4-2-5-12(17)15(11)18-16(20)19-7-9-21-10-13(19)14-6-3-8-22-14/h2,4-5,13-14H,3,6-10H2,1H3,(H,18,20)/t13-,14-/m0/s1. The van der Waals surface area contributed by atoms with E-state index >= 15 is 0 Å². The number of nitrogens with one attached hydrogen (secondary N) is 1. The predicted molar refractivity (Wildman–Crippen MR) is 80.4 cm³/mol. The molecule has 0 radical (unpaired) electrons. The first kappa shape index (κ1) is 15.2. The molecule has 2 heterocycles. The highest BCUT2D eigenvalue weighted by Gasteiger charge is 2.36. The van der Waals surface area contributed by atoms with Crippen molar-refractivity contribution in [2.24, 2.45) is 0 Å². The molecule has 2 aliphatic rings. The highest BCUT2D eigenvalue weighted by molar-refractivity contribution is 5.90. The van der Waals surface area contributed by atoms with E-state index in [0.717, 1.165) is 19.4 Å². The Morgan fingerprint density at radius 1 is 1.41 bits per heavy atom.